The highest BCUT2D eigenvalue weighted by molar-refractivity contribution is 5.85. The van der Waals surface area contributed by atoms with E-state index in [2.05, 4.69) is 9.72 Å². The fourth-order valence-electron chi connectivity index (χ4n) is 1.96. The SMILES string of the molecule is COC(=O)[C@@H](N)Cc1c[nH]c2ccc(CO)cc12.Cl. The van der Waals surface area contributed by atoms with Crippen molar-refractivity contribution in [1.82, 2.24) is 4.98 Å². The predicted octanol–water partition coefficient (Wildman–Crippen LogP) is 1.12. The molecule has 19 heavy (non-hydrogen) atoms. The molecule has 0 radical (unpaired) electrons. The average molecular weight is 285 g/mol. The first-order chi connectivity index (χ1) is 8.65. The number of rotatable bonds is 4. The van der Waals surface area contributed by atoms with E-state index in [1.54, 1.807) is 0 Å². The van der Waals surface area contributed by atoms with E-state index in [0.717, 1.165) is 22.0 Å². The molecule has 0 aliphatic carbocycles. The van der Waals surface area contributed by atoms with E-state index < -0.39 is 12.0 Å². The second kappa shape index (κ2) is 6.56. The first-order valence-corrected chi connectivity index (χ1v) is 5.69. The molecule has 0 amide bonds. The number of aliphatic hydroxyl groups excluding tert-OH is 1. The number of carbonyl (C=O) groups excluding carboxylic acids is 1. The maximum atomic E-state index is 11.3. The van der Waals surface area contributed by atoms with Gasteiger partial charge in [0.2, 0.25) is 0 Å². The number of benzene rings is 1. The van der Waals surface area contributed by atoms with Crippen LogP contribution in [0.25, 0.3) is 10.9 Å². The summed E-state index contributed by atoms with van der Waals surface area (Å²) in [6.07, 6.45) is 2.23. The topological polar surface area (TPSA) is 88.3 Å². The van der Waals surface area contributed by atoms with E-state index in [4.69, 9.17) is 10.8 Å². The average Bonchev–Trinajstić information content (AvgIpc) is 2.80. The zero-order chi connectivity index (χ0) is 13.1. The van der Waals surface area contributed by atoms with Gasteiger partial charge in [0.25, 0.3) is 0 Å². The van der Waals surface area contributed by atoms with Crippen molar-refractivity contribution in [2.24, 2.45) is 5.73 Å². The summed E-state index contributed by atoms with van der Waals surface area (Å²) in [5.41, 5.74) is 8.47. The second-order valence-electron chi connectivity index (χ2n) is 4.19. The molecule has 0 unspecified atom stereocenters. The number of aliphatic hydroxyl groups is 1. The number of esters is 1. The Morgan fingerprint density at radius 2 is 2.26 bits per heavy atom. The Kier molecular flexibility index (Phi) is 5.35. The van der Waals surface area contributed by atoms with Crippen LogP contribution < -0.4 is 5.73 Å². The Morgan fingerprint density at radius 1 is 1.53 bits per heavy atom. The number of carbonyl (C=O) groups is 1. The first-order valence-electron chi connectivity index (χ1n) is 5.69. The zero-order valence-corrected chi connectivity index (χ0v) is 11.4. The van der Waals surface area contributed by atoms with Gasteiger partial charge < -0.3 is 20.6 Å². The fraction of sp³-hybridized carbons (Fsp3) is 0.308. The summed E-state index contributed by atoms with van der Waals surface area (Å²) in [5, 5.41) is 10.1. The summed E-state index contributed by atoms with van der Waals surface area (Å²) in [4.78, 5) is 14.4. The molecule has 0 aliphatic heterocycles. The highest BCUT2D eigenvalue weighted by Gasteiger charge is 2.16. The number of hydrogen-bond acceptors (Lipinski definition) is 4. The van der Waals surface area contributed by atoms with Crippen molar-refractivity contribution < 1.29 is 14.6 Å². The van der Waals surface area contributed by atoms with Crippen LogP contribution in [0.2, 0.25) is 0 Å². The Bertz CT molecular complexity index is 568. The Morgan fingerprint density at radius 3 is 2.89 bits per heavy atom. The fourth-order valence-corrected chi connectivity index (χ4v) is 1.96. The van der Waals surface area contributed by atoms with E-state index in [9.17, 15) is 4.79 Å². The molecule has 1 aromatic heterocycles. The van der Waals surface area contributed by atoms with E-state index in [1.165, 1.54) is 7.11 Å². The number of H-pyrrole nitrogens is 1. The highest BCUT2D eigenvalue weighted by atomic mass is 35.5. The van der Waals surface area contributed by atoms with Crippen LogP contribution in [0.15, 0.2) is 24.4 Å². The molecule has 6 heteroatoms. The molecule has 2 aromatic rings. The number of hydrogen-bond donors (Lipinski definition) is 3. The minimum atomic E-state index is -0.674. The number of fused-ring (bicyclic) bond motifs is 1. The summed E-state index contributed by atoms with van der Waals surface area (Å²) >= 11 is 0. The molecular formula is C13H17ClN2O3. The van der Waals surface area contributed by atoms with Crippen LogP contribution >= 0.6 is 12.4 Å². The lowest BCUT2D eigenvalue weighted by Crippen LogP contribution is -2.33. The number of aromatic amines is 1. The third kappa shape index (κ3) is 3.26. The molecule has 104 valence electrons. The van der Waals surface area contributed by atoms with E-state index in [-0.39, 0.29) is 19.0 Å². The molecule has 1 heterocycles. The summed E-state index contributed by atoms with van der Waals surface area (Å²) in [7, 11) is 1.32. The van der Waals surface area contributed by atoms with Crippen molar-refractivity contribution in [3.8, 4) is 0 Å². The number of nitrogens with two attached hydrogens (primary N) is 1. The maximum absolute atomic E-state index is 11.3. The van der Waals surface area contributed by atoms with Gasteiger partial charge in [0, 0.05) is 23.5 Å². The lowest BCUT2D eigenvalue weighted by atomic mass is 10.0. The molecule has 4 N–H and O–H groups in total. The number of methoxy groups -OCH3 is 1. The maximum Gasteiger partial charge on any atom is 0.322 e. The van der Waals surface area contributed by atoms with Gasteiger partial charge in [0.15, 0.2) is 0 Å². The Labute approximate surface area is 117 Å². The lowest BCUT2D eigenvalue weighted by molar-refractivity contribution is -0.142. The largest absolute Gasteiger partial charge is 0.468 e. The quantitative estimate of drug-likeness (QED) is 0.734. The Hall–Kier alpha value is -1.56. The summed E-state index contributed by atoms with van der Waals surface area (Å²) < 4.78 is 4.60. The molecule has 5 nitrogen and oxygen atoms in total. The van der Waals surface area contributed by atoms with E-state index >= 15 is 0 Å². The van der Waals surface area contributed by atoms with Crippen LogP contribution in [0.5, 0.6) is 0 Å². The number of ether oxygens (including phenoxy) is 1. The molecule has 0 fully saturated rings. The standard InChI is InChI=1S/C13H16N2O3.ClH/c1-18-13(17)11(14)5-9-6-15-12-3-2-8(7-16)4-10(9)12;/h2-4,6,11,15-16H,5,7,14H2,1H3;1H/t11-;/m0./s1. The monoisotopic (exact) mass is 284 g/mol. The third-order valence-electron chi connectivity index (χ3n) is 2.96. The Balaban J connectivity index is 0.00000180. The molecule has 0 saturated heterocycles. The number of aromatic nitrogens is 1. The molecule has 1 aromatic carbocycles. The second-order valence-corrected chi connectivity index (χ2v) is 4.19. The molecule has 2 rings (SSSR count). The van der Waals surface area contributed by atoms with Gasteiger partial charge in [-0.2, -0.15) is 0 Å². The van der Waals surface area contributed by atoms with Crippen LogP contribution in [0, 0.1) is 0 Å². The zero-order valence-electron chi connectivity index (χ0n) is 10.6. The smallest absolute Gasteiger partial charge is 0.322 e. The molecular weight excluding hydrogens is 268 g/mol. The van der Waals surface area contributed by atoms with Crippen molar-refractivity contribution in [1.29, 1.82) is 0 Å². The van der Waals surface area contributed by atoms with Gasteiger partial charge in [-0.1, -0.05) is 6.07 Å². The van der Waals surface area contributed by atoms with E-state index in [0.29, 0.717) is 6.42 Å². The third-order valence-corrected chi connectivity index (χ3v) is 2.96. The van der Waals surface area contributed by atoms with Crippen molar-refractivity contribution >= 4 is 29.3 Å². The van der Waals surface area contributed by atoms with Gasteiger partial charge in [-0.05, 0) is 23.3 Å². The van der Waals surface area contributed by atoms with Crippen LogP contribution in [-0.2, 0) is 22.6 Å². The van der Waals surface area contributed by atoms with Crippen molar-refractivity contribution in [2.45, 2.75) is 19.1 Å². The van der Waals surface area contributed by atoms with Gasteiger partial charge in [0.05, 0.1) is 13.7 Å². The number of halogens is 1. The van der Waals surface area contributed by atoms with Gasteiger partial charge in [-0.3, -0.25) is 4.79 Å². The van der Waals surface area contributed by atoms with Crippen LogP contribution in [0.4, 0.5) is 0 Å². The first kappa shape index (κ1) is 15.5. The predicted molar refractivity (Wildman–Crippen MR) is 75.2 cm³/mol. The van der Waals surface area contributed by atoms with Crippen molar-refractivity contribution in [2.75, 3.05) is 7.11 Å². The minimum absolute atomic E-state index is 0. The van der Waals surface area contributed by atoms with Crippen molar-refractivity contribution in [3.05, 3.63) is 35.5 Å². The van der Waals surface area contributed by atoms with E-state index in [1.807, 2.05) is 24.4 Å². The van der Waals surface area contributed by atoms with Crippen LogP contribution in [0.3, 0.4) is 0 Å². The summed E-state index contributed by atoms with van der Waals surface area (Å²) in [6, 6.07) is 4.97. The van der Waals surface area contributed by atoms with Gasteiger partial charge in [-0.15, -0.1) is 12.4 Å². The normalized spacial score (nSPS) is 11.9. The molecule has 0 aliphatic rings. The van der Waals surface area contributed by atoms with Gasteiger partial charge >= 0.3 is 5.97 Å². The molecule has 0 spiro atoms. The molecule has 0 bridgehead atoms. The van der Waals surface area contributed by atoms with Crippen LogP contribution in [0.1, 0.15) is 11.1 Å². The summed E-state index contributed by atoms with van der Waals surface area (Å²) in [5.74, 6) is -0.428. The molecule has 0 saturated carbocycles. The van der Waals surface area contributed by atoms with Crippen molar-refractivity contribution in [3.63, 3.8) is 0 Å². The number of nitrogens with one attached hydrogen (secondary N) is 1. The van der Waals surface area contributed by atoms with Gasteiger partial charge in [0.1, 0.15) is 6.04 Å². The van der Waals surface area contributed by atoms with Crippen LogP contribution in [-0.4, -0.2) is 29.2 Å². The molecule has 1 atom stereocenters. The highest BCUT2D eigenvalue weighted by Crippen LogP contribution is 2.21. The van der Waals surface area contributed by atoms with Gasteiger partial charge in [-0.25, -0.2) is 0 Å². The summed E-state index contributed by atoms with van der Waals surface area (Å²) in [6.45, 7) is -0.0103. The minimum Gasteiger partial charge on any atom is -0.468 e. The lowest BCUT2D eigenvalue weighted by Gasteiger charge is -2.08.